The molecule has 0 aromatic heterocycles. The Kier molecular flexibility index (Phi) is 4.24. The summed E-state index contributed by atoms with van der Waals surface area (Å²) in [5.74, 6) is 0. The molecule has 0 heterocycles. The van der Waals surface area contributed by atoms with Crippen molar-refractivity contribution in [3.05, 3.63) is 30.7 Å². The first-order valence-corrected chi connectivity index (χ1v) is 3.61. The fraction of sp³-hybridized carbons (Fsp3) is 0.400. The van der Waals surface area contributed by atoms with E-state index in [1.165, 1.54) is 0 Å². The standard InChI is InChI=1S/C10H15N/c1-5-6-8-11-9-7-10(2,3)4/h6-9H,1H2,2-4H3/b9-7-,11-8-. The molecule has 0 bridgehead atoms. The Balaban J connectivity index is 3.87. The molecule has 0 amide bonds. The molecule has 0 unspecified atom stereocenters. The largest absolute Gasteiger partial charge is 0.264 e. The molecular formula is C10H15N. The smallest absolute Gasteiger partial charge is 0.0344 e. The molecule has 0 rings (SSSR count). The molecule has 0 N–H and O–H groups in total. The molecule has 0 spiro atoms. The monoisotopic (exact) mass is 149 g/mol. The van der Waals surface area contributed by atoms with Gasteiger partial charge in [0.15, 0.2) is 0 Å². The van der Waals surface area contributed by atoms with E-state index < -0.39 is 0 Å². The third kappa shape index (κ3) is 8.93. The molecule has 0 saturated carbocycles. The molecule has 0 aromatic carbocycles. The summed E-state index contributed by atoms with van der Waals surface area (Å²) in [4.78, 5) is 3.98. The minimum atomic E-state index is 0.204. The van der Waals surface area contributed by atoms with Gasteiger partial charge in [-0.1, -0.05) is 33.4 Å². The van der Waals surface area contributed by atoms with Crippen LogP contribution in [-0.4, -0.2) is 6.21 Å². The van der Waals surface area contributed by atoms with Gasteiger partial charge in [-0.05, 0) is 11.5 Å². The van der Waals surface area contributed by atoms with Crippen molar-refractivity contribution in [3.63, 3.8) is 0 Å². The fourth-order valence-corrected chi connectivity index (χ4v) is 0.412. The van der Waals surface area contributed by atoms with Crippen LogP contribution in [0, 0.1) is 5.41 Å². The van der Waals surface area contributed by atoms with Crippen molar-refractivity contribution < 1.29 is 0 Å². The average Bonchev–Trinajstić information content (AvgIpc) is 1.85. The lowest BCUT2D eigenvalue weighted by atomic mass is 9.97. The van der Waals surface area contributed by atoms with E-state index in [1.807, 2.05) is 6.08 Å². The van der Waals surface area contributed by atoms with Crippen LogP contribution in [0.2, 0.25) is 0 Å². The first-order valence-electron chi connectivity index (χ1n) is 3.61. The quantitative estimate of drug-likeness (QED) is 0.423. The first kappa shape index (κ1) is 9.93. The summed E-state index contributed by atoms with van der Waals surface area (Å²) in [7, 11) is 0. The Morgan fingerprint density at radius 3 is 2.45 bits per heavy atom. The van der Waals surface area contributed by atoms with E-state index in [4.69, 9.17) is 0 Å². The van der Waals surface area contributed by atoms with Crippen LogP contribution >= 0.6 is 0 Å². The number of allylic oxidation sites excluding steroid dienone is 2. The molecule has 0 atom stereocenters. The predicted octanol–water partition coefficient (Wildman–Crippen LogP) is 2.96. The summed E-state index contributed by atoms with van der Waals surface area (Å²) in [6, 6.07) is 0. The Hall–Kier alpha value is -1.07. The summed E-state index contributed by atoms with van der Waals surface area (Å²) >= 11 is 0. The van der Waals surface area contributed by atoms with E-state index in [0.29, 0.717) is 0 Å². The van der Waals surface area contributed by atoms with Crippen molar-refractivity contribution >= 4 is 6.21 Å². The maximum absolute atomic E-state index is 3.98. The number of hydrogen-bond acceptors (Lipinski definition) is 1. The van der Waals surface area contributed by atoms with Gasteiger partial charge >= 0.3 is 0 Å². The van der Waals surface area contributed by atoms with Crippen LogP contribution in [0.5, 0.6) is 0 Å². The molecule has 0 saturated heterocycles. The van der Waals surface area contributed by atoms with Crippen molar-refractivity contribution in [2.24, 2.45) is 10.4 Å². The maximum atomic E-state index is 3.98. The molecule has 1 heteroatoms. The highest BCUT2D eigenvalue weighted by molar-refractivity contribution is 5.71. The van der Waals surface area contributed by atoms with E-state index in [-0.39, 0.29) is 5.41 Å². The van der Waals surface area contributed by atoms with E-state index in [1.54, 1.807) is 18.5 Å². The highest BCUT2D eigenvalue weighted by Gasteiger charge is 2.01. The number of aliphatic imine (C=N–C) groups is 1. The zero-order valence-corrected chi connectivity index (χ0v) is 7.46. The fourth-order valence-electron chi connectivity index (χ4n) is 0.412. The second-order valence-corrected chi connectivity index (χ2v) is 3.35. The van der Waals surface area contributed by atoms with Gasteiger partial charge in [-0.15, -0.1) is 5.73 Å². The molecule has 60 valence electrons. The van der Waals surface area contributed by atoms with Crippen LogP contribution in [0.15, 0.2) is 35.7 Å². The maximum Gasteiger partial charge on any atom is 0.0344 e. The van der Waals surface area contributed by atoms with Crippen molar-refractivity contribution in [3.8, 4) is 0 Å². The van der Waals surface area contributed by atoms with Gasteiger partial charge in [-0.2, -0.15) is 0 Å². The molecule has 0 radical (unpaired) electrons. The van der Waals surface area contributed by atoms with E-state index in [2.05, 4.69) is 38.1 Å². The Morgan fingerprint density at radius 2 is 2.00 bits per heavy atom. The van der Waals surface area contributed by atoms with Gasteiger partial charge in [-0.25, -0.2) is 0 Å². The molecule has 0 aromatic rings. The third-order valence-corrected chi connectivity index (χ3v) is 0.939. The Labute approximate surface area is 68.9 Å². The van der Waals surface area contributed by atoms with Crippen molar-refractivity contribution in [2.45, 2.75) is 20.8 Å². The molecule has 0 aliphatic carbocycles. The highest BCUT2D eigenvalue weighted by atomic mass is 14.7. The lowest BCUT2D eigenvalue weighted by Gasteiger charge is -2.09. The zero-order valence-electron chi connectivity index (χ0n) is 7.46. The summed E-state index contributed by atoms with van der Waals surface area (Å²) < 4.78 is 0. The second kappa shape index (κ2) is 4.70. The topological polar surface area (TPSA) is 12.4 Å². The van der Waals surface area contributed by atoms with Crippen molar-refractivity contribution in [1.29, 1.82) is 0 Å². The van der Waals surface area contributed by atoms with Gasteiger partial charge in [0.1, 0.15) is 0 Å². The van der Waals surface area contributed by atoms with Crippen LogP contribution in [-0.2, 0) is 0 Å². The number of nitrogens with zero attached hydrogens (tertiary/aromatic N) is 1. The molecule has 0 aliphatic rings. The van der Waals surface area contributed by atoms with Crippen LogP contribution in [0.4, 0.5) is 0 Å². The SMILES string of the molecule is C=C=C/C=N\C=C/C(C)(C)C. The lowest BCUT2D eigenvalue weighted by Crippen LogP contribution is -1.97. The van der Waals surface area contributed by atoms with Crippen LogP contribution < -0.4 is 0 Å². The van der Waals surface area contributed by atoms with Crippen LogP contribution in [0.3, 0.4) is 0 Å². The highest BCUT2D eigenvalue weighted by Crippen LogP contribution is 2.13. The van der Waals surface area contributed by atoms with Gasteiger partial charge < -0.3 is 0 Å². The van der Waals surface area contributed by atoms with Gasteiger partial charge in [0.25, 0.3) is 0 Å². The Morgan fingerprint density at radius 1 is 1.36 bits per heavy atom. The minimum Gasteiger partial charge on any atom is -0.264 e. The van der Waals surface area contributed by atoms with Gasteiger partial charge in [-0.3, -0.25) is 4.99 Å². The van der Waals surface area contributed by atoms with Crippen molar-refractivity contribution in [1.82, 2.24) is 0 Å². The molecule has 0 aliphatic heterocycles. The van der Waals surface area contributed by atoms with E-state index in [9.17, 15) is 0 Å². The summed E-state index contributed by atoms with van der Waals surface area (Å²) in [5, 5.41) is 0. The van der Waals surface area contributed by atoms with Gasteiger partial charge in [0, 0.05) is 12.4 Å². The van der Waals surface area contributed by atoms with E-state index >= 15 is 0 Å². The van der Waals surface area contributed by atoms with Crippen LogP contribution in [0.1, 0.15) is 20.8 Å². The minimum absolute atomic E-state index is 0.204. The molecule has 11 heavy (non-hydrogen) atoms. The normalized spacial score (nSPS) is 12.3. The molecule has 0 fully saturated rings. The summed E-state index contributed by atoms with van der Waals surface area (Å²) in [6.45, 7) is 9.79. The predicted molar refractivity (Wildman–Crippen MR) is 50.8 cm³/mol. The first-order chi connectivity index (χ1) is 5.06. The van der Waals surface area contributed by atoms with Crippen LogP contribution in [0.25, 0.3) is 0 Å². The summed E-state index contributed by atoms with van der Waals surface area (Å²) in [6.07, 6.45) is 7.16. The van der Waals surface area contributed by atoms with Gasteiger partial charge in [0.2, 0.25) is 0 Å². The number of hydrogen-bond donors (Lipinski definition) is 0. The average molecular weight is 149 g/mol. The molecule has 1 nitrogen and oxygen atoms in total. The lowest BCUT2D eigenvalue weighted by molar-refractivity contribution is 0.543. The third-order valence-electron chi connectivity index (χ3n) is 0.939. The van der Waals surface area contributed by atoms with E-state index in [0.717, 1.165) is 0 Å². The number of rotatable bonds is 2. The molecular weight excluding hydrogens is 134 g/mol. The van der Waals surface area contributed by atoms with Crippen molar-refractivity contribution in [2.75, 3.05) is 0 Å². The summed E-state index contributed by atoms with van der Waals surface area (Å²) in [5.41, 5.74) is 2.81. The second-order valence-electron chi connectivity index (χ2n) is 3.35. The van der Waals surface area contributed by atoms with Gasteiger partial charge in [0.05, 0.1) is 0 Å². The Bertz CT molecular complexity index is 197. The zero-order chi connectivity index (χ0) is 8.74.